The van der Waals surface area contributed by atoms with Crippen molar-refractivity contribution >= 4 is 10.0 Å². The zero-order valence-corrected chi connectivity index (χ0v) is 13.0. The van der Waals surface area contributed by atoms with Gasteiger partial charge in [0.1, 0.15) is 0 Å². The second-order valence-corrected chi connectivity index (χ2v) is 7.94. The van der Waals surface area contributed by atoms with E-state index in [-0.39, 0.29) is 0 Å². The highest BCUT2D eigenvalue weighted by molar-refractivity contribution is 7.88. The number of likely N-dealkylation sites (tertiary alicyclic amines) is 1. The molecular formula is C12H27N3O2S. The molecular weight excluding hydrogens is 250 g/mol. The van der Waals surface area contributed by atoms with Crippen molar-refractivity contribution in [1.82, 2.24) is 14.9 Å². The maximum Gasteiger partial charge on any atom is 0.209 e. The lowest BCUT2D eigenvalue weighted by Crippen LogP contribution is -2.54. The SMILES string of the molecule is CC1CC(NCC(C)(C)NS(C)(=O)=O)CCN1C. The quantitative estimate of drug-likeness (QED) is 0.763. The van der Waals surface area contributed by atoms with Gasteiger partial charge in [-0.25, -0.2) is 13.1 Å². The molecule has 0 spiro atoms. The first-order chi connectivity index (χ1) is 8.09. The van der Waals surface area contributed by atoms with Gasteiger partial charge in [-0.3, -0.25) is 0 Å². The first-order valence-electron chi connectivity index (χ1n) is 6.52. The van der Waals surface area contributed by atoms with Crippen LogP contribution in [-0.2, 0) is 10.0 Å². The standard InChI is InChI=1S/C12H27N3O2S/c1-10-8-11(6-7-15(10)4)13-9-12(2,3)14-18(5,16)17/h10-11,13-14H,6-9H2,1-5H3. The van der Waals surface area contributed by atoms with Crippen LogP contribution in [0, 0.1) is 0 Å². The second kappa shape index (κ2) is 5.86. The van der Waals surface area contributed by atoms with Crippen LogP contribution in [0.5, 0.6) is 0 Å². The summed E-state index contributed by atoms with van der Waals surface area (Å²) < 4.78 is 25.1. The van der Waals surface area contributed by atoms with Crippen molar-refractivity contribution < 1.29 is 8.42 Å². The molecule has 1 aliphatic rings. The lowest BCUT2D eigenvalue weighted by atomic mass is 9.97. The molecule has 5 nitrogen and oxygen atoms in total. The third-order valence-electron chi connectivity index (χ3n) is 3.50. The van der Waals surface area contributed by atoms with Crippen LogP contribution < -0.4 is 10.0 Å². The summed E-state index contributed by atoms with van der Waals surface area (Å²) in [7, 11) is -1.00. The molecule has 0 saturated carbocycles. The number of nitrogens with one attached hydrogen (secondary N) is 2. The van der Waals surface area contributed by atoms with E-state index < -0.39 is 15.6 Å². The summed E-state index contributed by atoms with van der Waals surface area (Å²) in [6, 6.07) is 1.07. The Morgan fingerprint density at radius 2 is 2.00 bits per heavy atom. The largest absolute Gasteiger partial charge is 0.312 e. The van der Waals surface area contributed by atoms with Crippen LogP contribution in [0.15, 0.2) is 0 Å². The molecule has 2 atom stereocenters. The maximum atomic E-state index is 11.2. The smallest absolute Gasteiger partial charge is 0.209 e. The zero-order chi connectivity index (χ0) is 14.0. The first kappa shape index (κ1) is 15.9. The molecule has 0 bridgehead atoms. The predicted molar refractivity (Wildman–Crippen MR) is 75.2 cm³/mol. The van der Waals surface area contributed by atoms with Crippen molar-refractivity contribution in [3.8, 4) is 0 Å². The highest BCUT2D eigenvalue weighted by atomic mass is 32.2. The van der Waals surface area contributed by atoms with Gasteiger partial charge in [-0.1, -0.05) is 0 Å². The Hall–Kier alpha value is -0.170. The molecule has 2 unspecified atom stereocenters. The third-order valence-corrected chi connectivity index (χ3v) is 4.43. The monoisotopic (exact) mass is 277 g/mol. The third kappa shape index (κ3) is 5.65. The summed E-state index contributed by atoms with van der Waals surface area (Å²) in [4.78, 5) is 2.36. The van der Waals surface area contributed by atoms with Crippen LogP contribution in [0.1, 0.15) is 33.6 Å². The van der Waals surface area contributed by atoms with Crippen molar-refractivity contribution in [1.29, 1.82) is 0 Å². The Morgan fingerprint density at radius 3 is 2.50 bits per heavy atom. The van der Waals surface area contributed by atoms with Crippen LogP contribution >= 0.6 is 0 Å². The van der Waals surface area contributed by atoms with E-state index in [1.807, 2.05) is 13.8 Å². The fraction of sp³-hybridized carbons (Fsp3) is 1.00. The average Bonchev–Trinajstić information content (AvgIpc) is 2.16. The Balaban J connectivity index is 2.41. The molecule has 1 rings (SSSR count). The normalized spacial score (nSPS) is 27.4. The van der Waals surface area contributed by atoms with Gasteiger partial charge in [-0.05, 0) is 47.2 Å². The van der Waals surface area contributed by atoms with Crippen LogP contribution in [0.4, 0.5) is 0 Å². The molecule has 1 heterocycles. The van der Waals surface area contributed by atoms with E-state index in [1.54, 1.807) is 0 Å². The van der Waals surface area contributed by atoms with E-state index in [0.29, 0.717) is 18.6 Å². The molecule has 18 heavy (non-hydrogen) atoms. The number of sulfonamides is 1. The van der Waals surface area contributed by atoms with Crippen molar-refractivity contribution in [2.75, 3.05) is 26.4 Å². The topological polar surface area (TPSA) is 61.4 Å². The van der Waals surface area contributed by atoms with E-state index in [9.17, 15) is 8.42 Å². The Labute approximate surface area is 111 Å². The van der Waals surface area contributed by atoms with Gasteiger partial charge in [0.05, 0.1) is 6.26 Å². The van der Waals surface area contributed by atoms with Gasteiger partial charge in [0.15, 0.2) is 0 Å². The molecule has 6 heteroatoms. The minimum Gasteiger partial charge on any atom is -0.312 e. The van der Waals surface area contributed by atoms with Crippen molar-refractivity contribution in [2.45, 2.75) is 51.2 Å². The minimum absolute atomic E-state index is 0.444. The summed E-state index contributed by atoms with van der Waals surface area (Å²) in [5.41, 5.74) is -0.444. The van der Waals surface area contributed by atoms with Crippen LogP contribution in [-0.4, -0.2) is 57.3 Å². The van der Waals surface area contributed by atoms with E-state index in [2.05, 4.69) is 28.9 Å². The van der Waals surface area contributed by atoms with Gasteiger partial charge in [-0.15, -0.1) is 0 Å². The second-order valence-electron chi connectivity index (χ2n) is 6.19. The van der Waals surface area contributed by atoms with Gasteiger partial charge < -0.3 is 10.2 Å². The number of hydrogen-bond acceptors (Lipinski definition) is 4. The van der Waals surface area contributed by atoms with Gasteiger partial charge in [-0.2, -0.15) is 0 Å². The van der Waals surface area contributed by atoms with E-state index in [4.69, 9.17) is 0 Å². The summed E-state index contributed by atoms with van der Waals surface area (Å²) in [5, 5.41) is 3.48. The van der Waals surface area contributed by atoms with Gasteiger partial charge in [0.2, 0.25) is 10.0 Å². The first-order valence-corrected chi connectivity index (χ1v) is 8.41. The lowest BCUT2D eigenvalue weighted by molar-refractivity contribution is 0.165. The molecule has 1 saturated heterocycles. The van der Waals surface area contributed by atoms with Crippen molar-refractivity contribution in [3.63, 3.8) is 0 Å². The molecule has 108 valence electrons. The zero-order valence-electron chi connectivity index (χ0n) is 12.2. The van der Waals surface area contributed by atoms with Crippen molar-refractivity contribution in [3.05, 3.63) is 0 Å². The van der Waals surface area contributed by atoms with E-state index in [1.165, 1.54) is 6.26 Å². The molecule has 0 aromatic heterocycles. The van der Waals surface area contributed by atoms with Gasteiger partial charge in [0.25, 0.3) is 0 Å². The van der Waals surface area contributed by atoms with Crippen LogP contribution in [0.2, 0.25) is 0 Å². The molecule has 0 amide bonds. The number of hydrogen-bond donors (Lipinski definition) is 2. The summed E-state index contributed by atoms with van der Waals surface area (Å²) in [6.45, 7) is 7.78. The summed E-state index contributed by atoms with van der Waals surface area (Å²) in [6.07, 6.45) is 3.44. The molecule has 0 aromatic carbocycles. The summed E-state index contributed by atoms with van der Waals surface area (Å²) >= 11 is 0. The Bertz CT molecular complexity index is 368. The fourth-order valence-electron chi connectivity index (χ4n) is 2.41. The number of piperidine rings is 1. The molecule has 0 aromatic rings. The lowest BCUT2D eigenvalue weighted by Gasteiger charge is -2.37. The van der Waals surface area contributed by atoms with Crippen molar-refractivity contribution in [2.24, 2.45) is 0 Å². The molecule has 0 aliphatic carbocycles. The highest BCUT2D eigenvalue weighted by Gasteiger charge is 2.26. The molecule has 1 aliphatic heterocycles. The Morgan fingerprint density at radius 1 is 1.39 bits per heavy atom. The molecule has 1 fully saturated rings. The highest BCUT2D eigenvalue weighted by Crippen LogP contribution is 2.16. The van der Waals surface area contributed by atoms with Gasteiger partial charge >= 0.3 is 0 Å². The van der Waals surface area contributed by atoms with Crippen LogP contribution in [0.3, 0.4) is 0 Å². The number of rotatable bonds is 5. The minimum atomic E-state index is -3.15. The summed E-state index contributed by atoms with van der Waals surface area (Å²) in [5.74, 6) is 0. The number of nitrogens with zero attached hydrogens (tertiary/aromatic N) is 1. The van der Waals surface area contributed by atoms with E-state index >= 15 is 0 Å². The van der Waals surface area contributed by atoms with E-state index in [0.717, 1.165) is 19.4 Å². The fourth-order valence-corrected chi connectivity index (χ4v) is 3.49. The maximum absolute atomic E-state index is 11.2. The Kier molecular flexibility index (Phi) is 5.17. The molecule has 0 radical (unpaired) electrons. The average molecular weight is 277 g/mol. The van der Waals surface area contributed by atoms with Crippen LogP contribution in [0.25, 0.3) is 0 Å². The van der Waals surface area contributed by atoms with Gasteiger partial charge in [0, 0.05) is 24.2 Å². The predicted octanol–water partition coefficient (Wildman–Crippen LogP) is 0.387. The molecule has 2 N–H and O–H groups in total.